The molecule has 0 aromatic heterocycles. The number of rotatable bonds is 3. The molecule has 1 heterocycles. The lowest BCUT2D eigenvalue weighted by atomic mass is 10.0. The van der Waals surface area contributed by atoms with Crippen molar-refractivity contribution in [3.63, 3.8) is 0 Å². The van der Waals surface area contributed by atoms with Crippen molar-refractivity contribution in [2.45, 2.75) is 24.3 Å². The number of likely N-dealkylation sites (tertiary alicyclic amines) is 1. The van der Waals surface area contributed by atoms with Crippen LogP contribution in [0.2, 0.25) is 5.02 Å². The molecular weight excluding hydrogens is 301 g/mol. The van der Waals surface area contributed by atoms with Gasteiger partial charge in [0.25, 0.3) is 5.91 Å². The second-order valence-corrected chi connectivity index (χ2v) is 6.43. The average molecular weight is 318 g/mol. The van der Waals surface area contributed by atoms with Crippen LogP contribution in [0.3, 0.4) is 0 Å². The Hall–Kier alpha value is -0.380. The van der Waals surface area contributed by atoms with E-state index in [1.54, 1.807) is 17.8 Å². The Balaban J connectivity index is 2.29. The summed E-state index contributed by atoms with van der Waals surface area (Å²) in [5, 5.41) is 0.510. The van der Waals surface area contributed by atoms with Crippen LogP contribution in [0.15, 0.2) is 23.1 Å². The number of alkyl halides is 1. The number of carbonyl (C=O) groups is 1. The molecule has 2 nitrogen and oxygen atoms in total. The van der Waals surface area contributed by atoms with Crippen LogP contribution in [-0.4, -0.2) is 35.5 Å². The van der Waals surface area contributed by atoms with Crippen LogP contribution < -0.4 is 0 Å². The molecule has 104 valence electrons. The predicted octanol–water partition coefficient (Wildman–Crippen LogP) is 4.15. The van der Waals surface area contributed by atoms with Crippen LogP contribution in [0.4, 0.5) is 0 Å². The fraction of sp³-hybridized carbons (Fsp3) is 0.500. The lowest BCUT2D eigenvalue weighted by Crippen LogP contribution is -2.38. The quantitative estimate of drug-likeness (QED) is 0.616. The molecular formula is C14H17Cl2NOS. The molecule has 1 aromatic carbocycles. The molecule has 1 fully saturated rings. The summed E-state index contributed by atoms with van der Waals surface area (Å²) < 4.78 is 0. The molecule has 2 atom stereocenters. The summed E-state index contributed by atoms with van der Waals surface area (Å²) in [4.78, 5) is 15.5. The fourth-order valence-corrected chi connectivity index (χ4v) is 3.55. The molecule has 0 N–H and O–H groups in total. The average Bonchev–Trinajstić information content (AvgIpc) is 2.79. The van der Waals surface area contributed by atoms with Crippen LogP contribution in [0.25, 0.3) is 0 Å². The van der Waals surface area contributed by atoms with E-state index in [1.807, 2.05) is 23.3 Å². The van der Waals surface area contributed by atoms with Crippen LogP contribution in [0.1, 0.15) is 23.7 Å². The van der Waals surface area contributed by atoms with E-state index in [2.05, 4.69) is 6.92 Å². The fourth-order valence-electron chi connectivity index (χ4n) is 2.45. The van der Waals surface area contributed by atoms with Gasteiger partial charge in [-0.15, -0.1) is 23.4 Å². The zero-order valence-electron chi connectivity index (χ0n) is 11.0. The number of benzene rings is 1. The molecule has 1 amide bonds. The Bertz CT molecular complexity index is 481. The molecule has 1 aliphatic heterocycles. The molecule has 0 aliphatic carbocycles. The van der Waals surface area contributed by atoms with Gasteiger partial charge in [-0.1, -0.05) is 18.5 Å². The minimum atomic E-state index is -0.00380. The Morgan fingerprint density at radius 2 is 2.26 bits per heavy atom. The van der Waals surface area contributed by atoms with Gasteiger partial charge in [-0.2, -0.15) is 0 Å². The van der Waals surface area contributed by atoms with Gasteiger partial charge in [0.2, 0.25) is 0 Å². The molecule has 0 spiro atoms. The molecule has 0 saturated carbocycles. The van der Waals surface area contributed by atoms with Crippen molar-refractivity contribution < 1.29 is 4.79 Å². The van der Waals surface area contributed by atoms with E-state index < -0.39 is 0 Å². The number of amides is 1. The third-order valence-corrected chi connectivity index (χ3v) is 5.08. The SMILES string of the molecule is CSc1ccc(Cl)c(C(=O)N2CCC(C)C2CCl)c1. The van der Waals surface area contributed by atoms with Gasteiger partial charge < -0.3 is 4.90 Å². The summed E-state index contributed by atoms with van der Waals surface area (Å²) in [5.41, 5.74) is 0.581. The smallest absolute Gasteiger partial charge is 0.255 e. The summed E-state index contributed by atoms with van der Waals surface area (Å²) in [6, 6.07) is 5.69. The number of halogens is 2. The van der Waals surface area contributed by atoms with Gasteiger partial charge in [0, 0.05) is 23.4 Å². The van der Waals surface area contributed by atoms with Crippen molar-refractivity contribution >= 4 is 40.9 Å². The highest BCUT2D eigenvalue weighted by atomic mass is 35.5. The summed E-state index contributed by atoms with van der Waals surface area (Å²) in [6.07, 6.45) is 2.99. The topological polar surface area (TPSA) is 20.3 Å². The van der Waals surface area contributed by atoms with Crippen LogP contribution in [-0.2, 0) is 0 Å². The second kappa shape index (κ2) is 6.38. The molecule has 0 bridgehead atoms. The Morgan fingerprint density at radius 1 is 1.53 bits per heavy atom. The van der Waals surface area contributed by atoms with Crippen molar-refractivity contribution in [2.75, 3.05) is 18.7 Å². The van der Waals surface area contributed by atoms with Crippen molar-refractivity contribution in [3.8, 4) is 0 Å². The first-order chi connectivity index (χ1) is 9.08. The zero-order chi connectivity index (χ0) is 14.0. The zero-order valence-corrected chi connectivity index (χ0v) is 13.4. The third kappa shape index (κ3) is 3.04. The van der Waals surface area contributed by atoms with Gasteiger partial charge in [0.05, 0.1) is 10.6 Å². The summed E-state index contributed by atoms with van der Waals surface area (Å²) in [5.74, 6) is 0.923. The van der Waals surface area contributed by atoms with E-state index in [-0.39, 0.29) is 11.9 Å². The molecule has 1 aromatic rings. The minimum absolute atomic E-state index is 0.00380. The first-order valence-corrected chi connectivity index (χ1v) is 8.42. The maximum absolute atomic E-state index is 12.6. The molecule has 1 aliphatic rings. The summed E-state index contributed by atoms with van der Waals surface area (Å²) in [7, 11) is 0. The van der Waals surface area contributed by atoms with Gasteiger partial charge in [0.1, 0.15) is 0 Å². The number of carbonyl (C=O) groups excluding carboxylic acids is 1. The summed E-state index contributed by atoms with van der Waals surface area (Å²) in [6.45, 7) is 2.90. The third-order valence-electron chi connectivity index (χ3n) is 3.71. The lowest BCUT2D eigenvalue weighted by Gasteiger charge is -2.25. The highest BCUT2D eigenvalue weighted by molar-refractivity contribution is 7.98. The van der Waals surface area contributed by atoms with E-state index in [0.29, 0.717) is 22.4 Å². The maximum Gasteiger partial charge on any atom is 0.255 e. The van der Waals surface area contributed by atoms with E-state index in [9.17, 15) is 4.79 Å². The van der Waals surface area contributed by atoms with Gasteiger partial charge in [-0.25, -0.2) is 0 Å². The Labute approximate surface area is 128 Å². The number of nitrogens with zero attached hydrogens (tertiary/aromatic N) is 1. The molecule has 5 heteroatoms. The van der Waals surface area contributed by atoms with Crippen LogP contribution in [0.5, 0.6) is 0 Å². The Morgan fingerprint density at radius 3 is 2.89 bits per heavy atom. The van der Waals surface area contributed by atoms with Gasteiger partial charge in [-0.05, 0) is 36.8 Å². The number of hydrogen-bond acceptors (Lipinski definition) is 2. The van der Waals surface area contributed by atoms with E-state index in [4.69, 9.17) is 23.2 Å². The van der Waals surface area contributed by atoms with E-state index in [0.717, 1.165) is 17.9 Å². The number of hydrogen-bond donors (Lipinski definition) is 0. The second-order valence-electron chi connectivity index (χ2n) is 4.83. The lowest BCUT2D eigenvalue weighted by molar-refractivity contribution is 0.0737. The largest absolute Gasteiger partial charge is 0.334 e. The van der Waals surface area contributed by atoms with Crippen molar-refractivity contribution in [3.05, 3.63) is 28.8 Å². The molecule has 2 rings (SSSR count). The van der Waals surface area contributed by atoms with E-state index >= 15 is 0 Å². The highest BCUT2D eigenvalue weighted by Gasteiger charge is 2.34. The van der Waals surface area contributed by atoms with Gasteiger partial charge >= 0.3 is 0 Å². The molecule has 2 unspecified atom stereocenters. The predicted molar refractivity (Wildman–Crippen MR) is 82.6 cm³/mol. The highest BCUT2D eigenvalue weighted by Crippen LogP contribution is 2.30. The Kier molecular flexibility index (Phi) is 5.04. The van der Waals surface area contributed by atoms with Crippen LogP contribution in [0, 0.1) is 5.92 Å². The standard InChI is InChI=1S/C14H17Cl2NOS/c1-9-5-6-17(13(9)8-15)14(18)11-7-10(19-2)3-4-12(11)16/h3-4,7,9,13H,5-6,8H2,1-2H3. The van der Waals surface area contributed by atoms with Gasteiger partial charge in [0.15, 0.2) is 0 Å². The normalized spacial score (nSPS) is 22.8. The number of thioether (sulfide) groups is 1. The molecule has 1 saturated heterocycles. The monoisotopic (exact) mass is 317 g/mol. The van der Waals surface area contributed by atoms with Gasteiger partial charge in [-0.3, -0.25) is 4.79 Å². The minimum Gasteiger partial charge on any atom is -0.334 e. The maximum atomic E-state index is 12.6. The van der Waals surface area contributed by atoms with E-state index in [1.165, 1.54) is 0 Å². The van der Waals surface area contributed by atoms with Crippen molar-refractivity contribution in [1.82, 2.24) is 4.90 Å². The molecule has 0 radical (unpaired) electrons. The first-order valence-electron chi connectivity index (χ1n) is 6.29. The first kappa shape index (κ1) is 15.0. The van der Waals surface area contributed by atoms with Crippen LogP contribution >= 0.6 is 35.0 Å². The van der Waals surface area contributed by atoms with Crippen molar-refractivity contribution in [1.29, 1.82) is 0 Å². The van der Waals surface area contributed by atoms with Crippen molar-refractivity contribution in [2.24, 2.45) is 5.92 Å². The molecule has 19 heavy (non-hydrogen) atoms. The summed E-state index contributed by atoms with van der Waals surface area (Å²) >= 11 is 13.8.